The van der Waals surface area contributed by atoms with Gasteiger partial charge in [-0.3, -0.25) is 0 Å². The molecule has 2 aromatic heterocycles. The van der Waals surface area contributed by atoms with E-state index >= 15 is 0 Å². The van der Waals surface area contributed by atoms with Crippen molar-refractivity contribution >= 4 is 81.3 Å². The lowest BCUT2D eigenvalue weighted by molar-refractivity contribution is 0.669. The van der Waals surface area contributed by atoms with E-state index in [1.54, 1.807) is 0 Å². The van der Waals surface area contributed by atoms with Crippen molar-refractivity contribution in [3.8, 4) is 22.3 Å². The highest BCUT2D eigenvalue weighted by Gasteiger charge is 2.18. The molecular weight excluding hydrogens is 615 g/mol. The van der Waals surface area contributed by atoms with Crippen molar-refractivity contribution in [2.24, 2.45) is 0 Å². The molecule has 0 saturated carbocycles. The highest BCUT2D eigenvalue weighted by Crippen LogP contribution is 2.43. The Kier molecular flexibility index (Phi) is 6.39. The van der Waals surface area contributed by atoms with Crippen LogP contribution < -0.4 is 4.90 Å². The Hall–Kier alpha value is -6.16. The number of fused-ring (bicyclic) bond motifs is 7. The predicted molar refractivity (Wildman–Crippen MR) is 210 cm³/mol. The molecule has 0 radical (unpaired) electrons. The van der Waals surface area contributed by atoms with Crippen LogP contribution in [0.25, 0.3) is 75.1 Å². The molecule has 0 bridgehead atoms. The number of nitrogens with zero attached hydrogens (tertiary/aromatic N) is 1. The molecule has 0 atom stereocenters. The average molecular weight is 644 g/mol. The van der Waals surface area contributed by atoms with Crippen LogP contribution in [0.2, 0.25) is 0 Å². The molecule has 49 heavy (non-hydrogen) atoms. The number of rotatable bonds is 5. The summed E-state index contributed by atoms with van der Waals surface area (Å²) in [4.78, 5) is 2.36. The van der Waals surface area contributed by atoms with Crippen LogP contribution in [0.15, 0.2) is 180 Å². The highest BCUT2D eigenvalue weighted by atomic mass is 32.1. The minimum atomic E-state index is 0.890. The fourth-order valence-electron chi connectivity index (χ4n) is 7.40. The first-order valence-corrected chi connectivity index (χ1v) is 17.4. The van der Waals surface area contributed by atoms with Crippen molar-refractivity contribution in [2.45, 2.75) is 0 Å². The maximum Gasteiger partial charge on any atom is 0.135 e. The van der Waals surface area contributed by atoms with Crippen molar-refractivity contribution in [1.29, 1.82) is 0 Å². The fourth-order valence-corrected chi connectivity index (χ4v) is 8.53. The Balaban J connectivity index is 1.15. The first-order valence-electron chi connectivity index (χ1n) is 16.6. The molecule has 2 heterocycles. The summed E-state index contributed by atoms with van der Waals surface area (Å²) in [5, 5.41) is 7.36. The van der Waals surface area contributed by atoms with Crippen LogP contribution in [-0.2, 0) is 0 Å². The third-order valence-electron chi connectivity index (χ3n) is 9.66. The third-order valence-corrected chi connectivity index (χ3v) is 10.8. The second kappa shape index (κ2) is 11.2. The molecule has 0 unspecified atom stereocenters. The number of hydrogen-bond acceptors (Lipinski definition) is 3. The summed E-state index contributed by atoms with van der Waals surface area (Å²) >= 11 is 1.86. The van der Waals surface area contributed by atoms with Gasteiger partial charge in [0.1, 0.15) is 11.2 Å². The lowest BCUT2D eigenvalue weighted by Crippen LogP contribution is -2.10. The zero-order valence-corrected chi connectivity index (χ0v) is 27.3. The summed E-state index contributed by atoms with van der Waals surface area (Å²) < 4.78 is 8.85. The van der Waals surface area contributed by atoms with E-state index in [0.717, 1.165) is 39.0 Å². The maximum absolute atomic E-state index is 6.23. The molecular formula is C46H29NOS. The van der Waals surface area contributed by atoms with Gasteiger partial charge < -0.3 is 9.32 Å². The molecule has 0 aliphatic carbocycles. The zero-order valence-electron chi connectivity index (χ0n) is 26.5. The molecule has 10 rings (SSSR count). The number of furan rings is 1. The number of hydrogen-bond donors (Lipinski definition) is 0. The molecule has 0 amide bonds. The molecule has 0 saturated heterocycles. The van der Waals surface area contributed by atoms with E-state index in [1.165, 1.54) is 53.2 Å². The van der Waals surface area contributed by atoms with Crippen molar-refractivity contribution in [2.75, 3.05) is 4.90 Å². The van der Waals surface area contributed by atoms with Gasteiger partial charge in [0.2, 0.25) is 0 Å². The van der Waals surface area contributed by atoms with Crippen LogP contribution in [-0.4, -0.2) is 0 Å². The van der Waals surface area contributed by atoms with E-state index in [-0.39, 0.29) is 0 Å². The Morgan fingerprint density at radius 3 is 1.96 bits per heavy atom. The van der Waals surface area contributed by atoms with E-state index in [2.05, 4.69) is 169 Å². The standard InChI is InChI=1S/C46H29NOS/c1-2-14-36-30(10-1)11-8-17-37(36)31-22-24-33(25-23-31)47(35-26-27-43-41(29-35)39-15-3-5-19-42(39)48-43)34-13-7-12-32(28-34)38-18-9-21-45-46(38)40-16-4-6-20-44(40)49-45/h1-29H. The van der Waals surface area contributed by atoms with E-state index in [0.29, 0.717) is 0 Å². The van der Waals surface area contributed by atoms with Gasteiger partial charge >= 0.3 is 0 Å². The summed E-state index contributed by atoms with van der Waals surface area (Å²) in [6, 6.07) is 63.3. The minimum Gasteiger partial charge on any atom is -0.456 e. The normalized spacial score (nSPS) is 11.7. The summed E-state index contributed by atoms with van der Waals surface area (Å²) in [5.41, 5.74) is 9.93. The molecule has 0 N–H and O–H groups in total. The highest BCUT2D eigenvalue weighted by molar-refractivity contribution is 7.25. The predicted octanol–water partition coefficient (Wildman–Crippen LogP) is 13.9. The maximum atomic E-state index is 6.23. The molecule has 230 valence electrons. The van der Waals surface area contributed by atoms with Crippen LogP contribution >= 0.6 is 11.3 Å². The Labute approximate surface area is 287 Å². The number of benzene rings is 8. The molecule has 0 fully saturated rings. The van der Waals surface area contributed by atoms with E-state index in [4.69, 9.17) is 4.42 Å². The lowest BCUT2D eigenvalue weighted by Gasteiger charge is -2.26. The monoisotopic (exact) mass is 643 g/mol. The van der Waals surface area contributed by atoms with Gasteiger partial charge in [-0.15, -0.1) is 11.3 Å². The minimum absolute atomic E-state index is 0.890. The van der Waals surface area contributed by atoms with Gasteiger partial charge in [0.15, 0.2) is 0 Å². The van der Waals surface area contributed by atoms with Gasteiger partial charge in [0.25, 0.3) is 0 Å². The molecule has 0 aliphatic heterocycles. The molecule has 8 aromatic carbocycles. The molecule has 0 aliphatic rings. The van der Waals surface area contributed by atoms with Crippen LogP contribution in [0.1, 0.15) is 0 Å². The lowest BCUT2D eigenvalue weighted by atomic mass is 9.97. The van der Waals surface area contributed by atoms with Crippen LogP contribution in [0, 0.1) is 0 Å². The van der Waals surface area contributed by atoms with Crippen molar-refractivity contribution < 1.29 is 4.42 Å². The average Bonchev–Trinajstić information content (AvgIpc) is 3.73. The molecule has 10 aromatic rings. The van der Waals surface area contributed by atoms with Gasteiger partial charge in [-0.05, 0) is 93.7 Å². The third kappa shape index (κ3) is 4.62. The van der Waals surface area contributed by atoms with Gasteiger partial charge in [-0.25, -0.2) is 0 Å². The van der Waals surface area contributed by atoms with Crippen LogP contribution in [0.4, 0.5) is 17.1 Å². The largest absolute Gasteiger partial charge is 0.456 e. The Morgan fingerprint density at radius 2 is 1.04 bits per heavy atom. The number of para-hydroxylation sites is 1. The Bertz CT molecular complexity index is 2840. The van der Waals surface area contributed by atoms with Gasteiger partial charge in [-0.2, -0.15) is 0 Å². The summed E-state index contributed by atoms with van der Waals surface area (Å²) in [6.07, 6.45) is 0. The number of anilines is 3. The van der Waals surface area contributed by atoms with Gasteiger partial charge in [0.05, 0.1) is 0 Å². The van der Waals surface area contributed by atoms with Crippen LogP contribution in [0.5, 0.6) is 0 Å². The first kappa shape index (κ1) is 27.9. The summed E-state index contributed by atoms with van der Waals surface area (Å²) in [6.45, 7) is 0. The zero-order chi connectivity index (χ0) is 32.3. The van der Waals surface area contributed by atoms with E-state index in [1.807, 2.05) is 23.5 Å². The van der Waals surface area contributed by atoms with Crippen molar-refractivity contribution in [3.63, 3.8) is 0 Å². The Morgan fingerprint density at radius 1 is 0.388 bits per heavy atom. The topological polar surface area (TPSA) is 16.4 Å². The van der Waals surface area contributed by atoms with E-state index < -0.39 is 0 Å². The number of thiophene rings is 1. The van der Waals surface area contributed by atoms with Gasteiger partial charge in [0, 0.05) is 48.0 Å². The second-order valence-corrected chi connectivity index (χ2v) is 13.6. The quantitative estimate of drug-likeness (QED) is 0.186. The molecule has 3 heteroatoms. The van der Waals surface area contributed by atoms with Crippen LogP contribution in [0.3, 0.4) is 0 Å². The second-order valence-electron chi connectivity index (χ2n) is 12.5. The first-order chi connectivity index (χ1) is 24.3. The summed E-state index contributed by atoms with van der Waals surface area (Å²) in [7, 11) is 0. The van der Waals surface area contributed by atoms with Crippen molar-refractivity contribution in [1.82, 2.24) is 0 Å². The molecule has 0 spiro atoms. The molecule has 2 nitrogen and oxygen atoms in total. The van der Waals surface area contributed by atoms with Crippen molar-refractivity contribution in [3.05, 3.63) is 176 Å². The van der Waals surface area contributed by atoms with Gasteiger partial charge in [-0.1, -0.05) is 115 Å². The smallest absolute Gasteiger partial charge is 0.135 e. The fraction of sp³-hybridized carbons (Fsp3) is 0. The van der Waals surface area contributed by atoms with E-state index in [9.17, 15) is 0 Å². The SMILES string of the molecule is c1cc(-c2cccc3sc4ccccc4c23)cc(N(c2ccc(-c3cccc4ccccc34)cc2)c2ccc3oc4ccccc4c3c2)c1. The summed E-state index contributed by atoms with van der Waals surface area (Å²) in [5.74, 6) is 0.